The van der Waals surface area contributed by atoms with Gasteiger partial charge < -0.3 is 4.90 Å². The Morgan fingerprint density at radius 3 is 1.22 bits per heavy atom. The van der Waals surface area contributed by atoms with Crippen molar-refractivity contribution in [3.63, 3.8) is 0 Å². The van der Waals surface area contributed by atoms with Crippen molar-refractivity contribution in [3.8, 4) is 44.5 Å². The van der Waals surface area contributed by atoms with Crippen LogP contribution in [0.25, 0.3) is 66.1 Å². The number of nitrogens with zero attached hydrogens (tertiary/aromatic N) is 1. The van der Waals surface area contributed by atoms with Crippen LogP contribution in [-0.4, -0.2) is 0 Å². The number of rotatable bonds is 7. The van der Waals surface area contributed by atoms with Crippen LogP contribution in [0.2, 0.25) is 0 Å². The summed E-state index contributed by atoms with van der Waals surface area (Å²) in [4.78, 5) is 2.36. The molecule has 9 aromatic carbocycles. The molecule has 0 radical (unpaired) electrons. The highest BCUT2D eigenvalue weighted by molar-refractivity contribution is 6.11. The molecule has 264 valence electrons. The number of hydrogen-bond acceptors (Lipinski definition) is 1. The minimum atomic E-state index is 1.11. The van der Waals surface area contributed by atoms with Crippen molar-refractivity contribution < 1.29 is 0 Å². The van der Waals surface area contributed by atoms with E-state index in [9.17, 15) is 0 Å². The topological polar surface area (TPSA) is 3.24 Å². The van der Waals surface area contributed by atoms with Gasteiger partial charge >= 0.3 is 0 Å². The van der Waals surface area contributed by atoms with E-state index in [0.29, 0.717) is 0 Å². The van der Waals surface area contributed by atoms with Crippen LogP contribution in [0.5, 0.6) is 0 Å². The molecule has 0 aliphatic rings. The van der Waals surface area contributed by atoms with Gasteiger partial charge in [-0.25, -0.2) is 0 Å². The van der Waals surface area contributed by atoms with E-state index in [1.165, 1.54) is 88.3 Å². The molecule has 0 fully saturated rings. The summed E-state index contributed by atoms with van der Waals surface area (Å²) in [6.45, 7) is 8.77. The van der Waals surface area contributed by atoms with E-state index in [2.05, 4.69) is 221 Å². The molecule has 0 heterocycles. The SMILES string of the molecule is Cc1ccc(-c2ccc(N(c3ccc(-c4ccc(C)cc4)cc3)c3ccc(-c4cc(C)c(-c5c(C)ccc6ccccc56)c5ccccc45)cc3)cc2)cc1. The van der Waals surface area contributed by atoms with Gasteiger partial charge in [0.2, 0.25) is 0 Å². The maximum Gasteiger partial charge on any atom is 0.0462 e. The lowest BCUT2D eigenvalue weighted by atomic mass is 9.85. The molecule has 0 N–H and O–H groups in total. The van der Waals surface area contributed by atoms with Crippen molar-refractivity contribution in [2.75, 3.05) is 4.90 Å². The average Bonchev–Trinajstić information content (AvgIpc) is 3.23. The summed E-state index contributed by atoms with van der Waals surface area (Å²) in [5.41, 5.74) is 18.4. The minimum absolute atomic E-state index is 1.11. The summed E-state index contributed by atoms with van der Waals surface area (Å²) in [7, 11) is 0. The second kappa shape index (κ2) is 14.3. The molecule has 9 aromatic rings. The molecule has 0 bridgehead atoms. The fourth-order valence-corrected chi connectivity index (χ4v) is 8.13. The summed E-state index contributed by atoms with van der Waals surface area (Å²) in [5.74, 6) is 0. The Hall–Kier alpha value is -6.70. The summed E-state index contributed by atoms with van der Waals surface area (Å²) in [6.07, 6.45) is 0. The molecule has 0 saturated heterocycles. The Kier molecular flexibility index (Phi) is 8.84. The van der Waals surface area contributed by atoms with Gasteiger partial charge in [0.15, 0.2) is 0 Å². The second-order valence-electron chi connectivity index (χ2n) is 14.8. The van der Waals surface area contributed by atoms with Crippen molar-refractivity contribution in [2.45, 2.75) is 27.7 Å². The molecule has 1 heteroatoms. The number of hydrogen-bond donors (Lipinski definition) is 0. The van der Waals surface area contributed by atoms with Crippen molar-refractivity contribution in [2.24, 2.45) is 0 Å². The van der Waals surface area contributed by atoms with Gasteiger partial charge in [-0.15, -0.1) is 0 Å². The van der Waals surface area contributed by atoms with Crippen LogP contribution in [0.3, 0.4) is 0 Å². The summed E-state index contributed by atoms with van der Waals surface area (Å²) < 4.78 is 0. The van der Waals surface area contributed by atoms with Gasteiger partial charge in [0, 0.05) is 17.1 Å². The summed E-state index contributed by atoms with van der Waals surface area (Å²) >= 11 is 0. The molecular weight excluding hydrogens is 663 g/mol. The highest BCUT2D eigenvalue weighted by atomic mass is 15.1. The third-order valence-electron chi connectivity index (χ3n) is 11.1. The number of aryl methyl sites for hydroxylation is 4. The minimum Gasteiger partial charge on any atom is -0.311 e. The zero-order chi connectivity index (χ0) is 37.5. The Bertz CT molecular complexity index is 2700. The zero-order valence-electron chi connectivity index (χ0n) is 31.8. The van der Waals surface area contributed by atoms with Crippen LogP contribution in [0.1, 0.15) is 22.3 Å². The smallest absolute Gasteiger partial charge is 0.0462 e. The highest BCUT2D eigenvalue weighted by Gasteiger charge is 2.18. The molecule has 0 atom stereocenters. The second-order valence-corrected chi connectivity index (χ2v) is 14.8. The van der Waals surface area contributed by atoms with Crippen LogP contribution in [0.4, 0.5) is 17.1 Å². The molecule has 0 spiro atoms. The molecule has 0 amide bonds. The lowest BCUT2D eigenvalue weighted by Gasteiger charge is -2.26. The van der Waals surface area contributed by atoms with Gasteiger partial charge in [-0.05, 0) is 141 Å². The van der Waals surface area contributed by atoms with Crippen LogP contribution in [0.15, 0.2) is 188 Å². The Labute approximate surface area is 324 Å². The Morgan fingerprint density at radius 1 is 0.309 bits per heavy atom. The largest absolute Gasteiger partial charge is 0.311 e. The molecule has 0 aliphatic heterocycles. The molecular formula is C54H43N. The Morgan fingerprint density at radius 2 is 0.709 bits per heavy atom. The van der Waals surface area contributed by atoms with Crippen molar-refractivity contribution in [1.29, 1.82) is 0 Å². The van der Waals surface area contributed by atoms with Gasteiger partial charge in [0.25, 0.3) is 0 Å². The number of benzene rings is 9. The van der Waals surface area contributed by atoms with E-state index >= 15 is 0 Å². The first-order valence-electron chi connectivity index (χ1n) is 19.2. The maximum atomic E-state index is 2.39. The maximum absolute atomic E-state index is 2.39. The van der Waals surface area contributed by atoms with Gasteiger partial charge in [-0.2, -0.15) is 0 Å². The van der Waals surface area contributed by atoms with Crippen LogP contribution >= 0.6 is 0 Å². The fourth-order valence-electron chi connectivity index (χ4n) is 8.13. The normalized spacial score (nSPS) is 11.3. The number of fused-ring (bicyclic) bond motifs is 2. The molecule has 1 nitrogen and oxygen atoms in total. The van der Waals surface area contributed by atoms with Crippen LogP contribution < -0.4 is 4.90 Å². The van der Waals surface area contributed by atoms with Gasteiger partial charge in [-0.1, -0.05) is 163 Å². The lowest BCUT2D eigenvalue weighted by Crippen LogP contribution is -2.09. The highest BCUT2D eigenvalue weighted by Crippen LogP contribution is 2.43. The molecule has 0 aromatic heterocycles. The first-order chi connectivity index (χ1) is 26.9. The zero-order valence-corrected chi connectivity index (χ0v) is 31.8. The third kappa shape index (κ3) is 6.49. The molecule has 9 rings (SSSR count). The number of anilines is 3. The van der Waals surface area contributed by atoms with Crippen molar-refractivity contribution in [3.05, 3.63) is 210 Å². The van der Waals surface area contributed by atoms with E-state index in [-0.39, 0.29) is 0 Å². The van der Waals surface area contributed by atoms with Crippen molar-refractivity contribution in [1.82, 2.24) is 0 Å². The van der Waals surface area contributed by atoms with E-state index in [4.69, 9.17) is 0 Å². The predicted octanol–water partition coefficient (Wildman–Crippen LogP) is 15.4. The monoisotopic (exact) mass is 705 g/mol. The van der Waals surface area contributed by atoms with E-state index in [1.807, 2.05) is 0 Å². The predicted molar refractivity (Wildman–Crippen MR) is 237 cm³/mol. The first-order valence-corrected chi connectivity index (χ1v) is 19.2. The quantitative estimate of drug-likeness (QED) is 0.160. The fraction of sp³-hybridized carbons (Fsp3) is 0.0741. The van der Waals surface area contributed by atoms with Gasteiger partial charge in [0.1, 0.15) is 0 Å². The molecule has 0 saturated carbocycles. The molecule has 0 unspecified atom stereocenters. The van der Waals surface area contributed by atoms with E-state index in [1.54, 1.807) is 0 Å². The van der Waals surface area contributed by atoms with Crippen molar-refractivity contribution >= 4 is 38.6 Å². The first kappa shape index (κ1) is 34.1. The molecule has 0 aliphatic carbocycles. The van der Waals surface area contributed by atoms with Gasteiger partial charge in [-0.3, -0.25) is 0 Å². The molecule has 55 heavy (non-hydrogen) atoms. The third-order valence-corrected chi connectivity index (χ3v) is 11.1. The van der Waals surface area contributed by atoms with Crippen LogP contribution in [-0.2, 0) is 0 Å². The Balaban J connectivity index is 1.13. The standard InChI is InChI=1S/C54H43N/c1-36-13-18-40(19-14-36)42-23-29-46(30-24-42)55(47-31-25-43(26-32-47)41-20-15-37(2)16-21-41)48-33-27-45(28-34-48)52-35-39(4)54(51-12-8-7-11-50(51)52)53-38(3)17-22-44-9-5-6-10-49(44)53/h5-35H,1-4H3. The van der Waals surface area contributed by atoms with E-state index < -0.39 is 0 Å². The summed E-state index contributed by atoms with van der Waals surface area (Å²) in [6, 6.07) is 69.0. The summed E-state index contributed by atoms with van der Waals surface area (Å²) in [5, 5.41) is 5.11. The van der Waals surface area contributed by atoms with E-state index in [0.717, 1.165) is 17.1 Å². The van der Waals surface area contributed by atoms with Gasteiger partial charge in [0.05, 0.1) is 0 Å². The average molecular weight is 706 g/mol. The lowest BCUT2D eigenvalue weighted by molar-refractivity contribution is 1.28. The van der Waals surface area contributed by atoms with Crippen LogP contribution in [0, 0.1) is 27.7 Å².